The predicted molar refractivity (Wildman–Crippen MR) is 98.8 cm³/mol. The number of piperidine rings is 1. The molecule has 2 heterocycles. The molecule has 2 saturated heterocycles. The summed E-state index contributed by atoms with van der Waals surface area (Å²) in [5.41, 5.74) is 2.07. The largest absolute Gasteiger partial charge is 0.341 e. The highest BCUT2D eigenvalue weighted by Gasteiger charge is 2.32. The van der Waals surface area contributed by atoms with Gasteiger partial charge in [0.1, 0.15) is 6.54 Å². The first-order chi connectivity index (χ1) is 12.0. The van der Waals surface area contributed by atoms with Gasteiger partial charge in [-0.15, -0.1) is 0 Å². The zero-order valence-corrected chi connectivity index (χ0v) is 15.4. The van der Waals surface area contributed by atoms with Crippen LogP contribution in [-0.2, 0) is 4.79 Å². The smallest absolute Gasteiger partial charge is 0.325 e. The fourth-order valence-corrected chi connectivity index (χ4v) is 3.55. The Hall–Kier alpha value is -2.08. The predicted octanol–water partition coefficient (Wildman–Crippen LogP) is 1.79. The first kappa shape index (κ1) is 17.7. The van der Waals surface area contributed by atoms with E-state index in [1.807, 2.05) is 43.1 Å². The van der Waals surface area contributed by atoms with Crippen molar-refractivity contribution in [3.8, 4) is 0 Å². The summed E-state index contributed by atoms with van der Waals surface area (Å²) in [6.45, 7) is 5.47. The van der Waals surface area contributed by atoms with Crippen molar-refractivity contribution >= 4 is 17.6 Å². The van der Waals surface area contributed by atoms with Crippen molar-refractivity contribution in [2.45, 2.75) is 25.8 Å². The molecular formula is C19H28N4O2. The van der Waals surface area contributed by atoms with Gasteiger partial charge in [-0.3, -0.25) is 9.69 Å². The van der Waals surface area contributed by atoms with Crippen molar-refractivity contribution in [3.05, 3.63) is 29.8 Å². The normalized spacial score (nSPS) is 19.6. The van der Waals surface area contributed by atoms with Crippen LogP contribution in [0.15, 0.2) is 24.3 Å². The van der Waals surface area contributed by atoms with E-state index in [1.54, 1.807) is 9.80 Å². The minimum atomic E-state index is -0.0750. The maximum absolute atomic E-state index is 12.6. The van der Waals surface area contributed by atoms with Crippen molar-refractivity contribution in [2.24, 2.45) is 0 Å². The monoisotopic (exact) mass is 344 g/mol. The molecule has 136 valence electrons. The molecule has 1 aromatic carbocycles. The third kappa shape index (κ3) is 3.95. The first-order valence-corrected chi connectivity index (χ1v) is 9.03. The number of amides is 3. The molecule has 0 aliphatic carbocycles. The molecule has 0 atom stereocenters. The summed E-state index contributed by atoms with van der Waals surface area (Å²) in [6, 6.07) is 8.14. The Balaban J connectivity index is 1.57. The van der Waals surface area contributed by atoms with Crippen LogP contribution >= 0.6 is 0 Å². The van der Waals surface area contributed by atoms with E-state index in [-0.39, 0.29) is 24.5 Å². The summed E-state index contributed by atoms with van der Waals surface area (Å²) in [5, 5.41) is 0. The van der Waals surface area contributed by atoms with Crippen LogP contribution in [0.1, 0.15) is 18.4 Å². The maximum atomic E-state index is 12.6. The molecule has 2 fully saturated rings. The number of hydrogen-bond donors (Lipinski definition) is 0. The Labute approximate surface area is 150 Å². The zero-order valence-electron chi connectivity index (χ0n) is 15.4. The van der Waals surface area contributed by atoms with Gasteiger partial charge in [-0.25, -0.2) is 4.79 Å². The number of aryl methyl sites for hydroxylation is 1. The van der Waals surface area contributed by atoms with E-state index in [0.717, 1.165) is 31.6 Å². The van der Waals surface area contributed by atoms with Gasteiger partial charge in [0.25, 0.3) is 0 Å². The number of benzene rings is 1. The average molecular weight is 344 g/mol. The number of anilines is 1. The lowest BCUT2D eigenvalue weighted by Crippen LogP contribution is -2.48. The van der Waals surface area contributed by atoms with Crippen LogP contribution in [0.25, 0.3) is 0 Å². The van der Waals surface area contributed by atoms with Gasteiger partial charge in [0, 0.05) is 31.9 Å². The lowest BCUT2D eigenvalue weighted by molar-refractivity contribution is -0.133. The van der Waals surface area contributed by atoms with Gasteiger partial charge >= 0.3 is 6.03 Å². The number of carbonyl (C=O) groups excluding carboxylic acids is 2. The highest BCUT2D eigenvalue weighted by atomic mass is 16.2. The highest BCUT2D eigenvalue weighted by Crippen LogP contribution is 2.21. The molecule has 0 radical (unpaired) electrons. The van der Waals surface area contributed by atoms with Crippen LogP contribution in [0.4, 0.5) is 10.5 Å². The molecule has 6 nitrogen and oxygen atoms in total. The molecule has 25 heavy (non-hydrogen) atoms. The average Bonchev–Trinajstić information content (AvgIpc) is 2.96. The van der Waals surface area contributed by atoms with Gasteiger partial charge in [0.15, 0.2) is 0 Å². The van der Waals surface area contributed by atoms with E-state index in [9.17, 15) is 9.59 Å². The van der Waals surface area contributed by atoms with Gasteiger partial charge in [0.05, 0.1) is 0 Å². The second-order valence-corrected chi connectivity index (χ2v) is 7.23. The molecule has 0 bridgehead atoms. The highest BCUT2D eigenvalue weighted by molar-refractivity contribution is 5.96. The standard InChI is InChI=1S/C19H28N4O2/c1-15-4-6-17(7-5-15)23-13-12-22(19(23)25)14-18(24)21(3)16-8-10-20(2)11-9-16/h4-7,16H,8-14H2,1-3H3. The number of hydrogen-bond acceptors (Lipinski definition) is 3. The van der Waals surface area contributed by atoms with Gasteiger partial charge < -0.3 is 14.7 Å². The summed E-state index contributed by atoms with van der Waals surface area (Å²) >= 11 is 0. The molecule has 6 heteroatoms. The van der Waals surface area contributed by atoms with Crippen LogP contribution in [0.3, 0.4) is 0 Å². The molecular weight excluding hydrogens is 316 g/mol. The number of likely N-dealkylation sites (N-methyl/N-ethyl adjacent to an activating group) is 1. The summed E-state index contributed by atoms with van der Waals surface area (Å²) in [7, 11) is 3.98. The number of nitrogens with zero attached hydrogens (tertiary/aromatic N) is 4. The van der Waals surface area contributed by atoms with E-state index in [0.29, 0.717) is 13.1 Å². The molecule has 3 amide bonds. The molecule has 2 aliphatic heterocycles. The zero-order chi connectivity index (χ0) is 18.0. The van der Waals surface area contributed by atoms with E-state index in [1.165, 1.54) is 5.56 Å². The number of rotatable bonds is 4. The number of likely N-dealkylation sites (tertiary alicyclic amines) is 1. The Kier molecular flexibility index (Phi) is 5.27. The van der Waals surface area contributed by atoms with Crippen LogP contribution in [0, 0.1) is 6.92 Å². The van der Waals surface area contributed by atoms with Gasteiger partial charge in [-0.05, 0) is 52.0 Å². The van der Waals surface area contributed by atoms with Gasteiger partial charge in [-0.2, -0.15) is 0 Å². The molecule has 1 aromatic rings. The van der Waals surface area contributed by atoms with Crippen LogP contribution in [0.5, 0.6) is 0 Å². The van der Waals surface area contributed by atoms with Crippen molar-refractivity contribution in [3.63, 3.8) is 0 Å². The molecule has 2 aliphatic rings. The Morgan fingerprint density at radius 1 is 1.12 bits per heavy atom. The third-order valence-corrected chi connectivity index (χ3v) is 5.40. The number of urea groups is 1. The van der Waals surface area contributed by atoms with Gasteiger partial charge in [-0.1, -0.05) is 17.7 Å². The lowest BCUT2D eigenvalue weighted by Gasteiger charge is -2.35. The summed E-state index contributed by atoms with van der Waals surface area (Å²) < 4.78 is 0. The Bertz CT molecular complexity index is 623. The fraction of sp³-hybridized carbons (Fsp3) is 0.579. The number of carbonyl (C=O) groups is 2. The second kappa shape index (κ2) is 7.44. The van der Waals surface area contributed by atoms with E-state index >= 15 is 0 Å². The topological polar surface area (TPSA) is 47.1 Å². The van der Waals surface area contributed by atoms with Crippen molar-refractivity contribution in [2.75, 3.05) is 51.7 Å². The van der Waals surface area contributed by atoms with E-state index < -0.39 is 0 Å². The van der Waals surface area contributed by atoms with E-state index in [2.05, 4.69) is 11.9 Å². The molecule has 3 rings (SSSR count). The summed E-state index contributed by atoms with van der Waals surface area (Å²) in [6.07, 6.45) is 2.00. The molecule has 0 spiro atoms. The fourth-order valence-electron chi connectivity index (χ4n) is 3.55. The second-order valence-electron chi connectivity index (χ2n) is 7.23. The quantitative estimate of drug-likeness (QED) is 0.837. The third-order valence-electron chi connectivity index (χ3n) is 5.40. The van der Waals surface area contributed by atoms with Crippen molar-refractivity contribution < 1.29 is 9.59 Å². The van der Waals surface area contributed by atoms with E-state index in [4.69, 9.17) is 0 Å². The summed E-state index contributed by atoms with van der Waals surface area (Å²) in [4.78, 5) is 32.8. The molecule has 0 unspecified atom stereocenters. The SMILES string of the molecule is Cc1ccc(N2CCN(CC(=O)N(C)C3CCN(C)CC3)C2=O)cc1. The first-order valence-electron chi connectivity index (χ1n) is 9.03. The van der Waals surface area contributed by atoms with Gasteiger partial charge in [0.2, 0.25) is 5.91 Å². The summed E-state index contributed by atoms with van der Waals surface area (Å²) in [5.74, 6) is 0.0358. The van der Waals surface area contributed by atoms with Crippen molar-refractivity contribution in [1.29, 1.82) is 0 Å². The minimum Gasteiger partial charge on any atom is -0.341 e. The Morgan fingerprint density at radius 2 is 1.76 bits per heavy atom. The minimum absolute atomic E-state index is 0.0358. The van der Waals surface area contributed by atoms with Crippen LogP contribution in [-0.4, -0.2) is 79.5 Å². The lowest BCUT2D eigenvalue weighted by atomic mass is 10.0. The van der Waals surface area contributed by atoms with Crippen LogP contribution in [0.2, 0.25) is 0 Å². The maximum Gasteiger partial charge on any atom is 0.325 e. The molecule has 0 aromatic heterocycles. The Morgan fingerprint density at radius 3 is 2.40 bits per heavy atom. The molecule has 0 saturated carbocycles. The van der Waals surface area contributed by atoms with Crippen molar-refractivity contribution in [1.82, 2.24) is 14.7 Å². The van der Waals surface area contributed by atoms with Crippen LogP contribution < -0.4 is 4.90 Å². The molecule has 0 N–H and O–H groups in total.